The smallest absolute Gasteiger partial charge is 0.338 e. The molecule has 0 aliphatic heterocycles. The van der Waals surface area contributed by atoms with Crippen LogP contribution in [0.5, 0.6) is 0 Å². The minimum Gasteiger partial charge on any atom is -0.462 e. The molecule has 0 bridgehead atoms. The zero-order valence-electron chi connectivity index (χ0n) is 12.5. The SMILES string of the molecule is CCCOC(=O)c1ccc(NC(C)c2ccccc2)cc1. The van der Waals surface area contributed by atoms with Crippen LogP contribution in [-0.4, -0.2) is 12.6 Å². The first-order chi connectivity index (χ1) is 10.2. The van der Waals surface area contributed by atoms with Gasteiger partial charge in [-0.15, -0.1) is 0 Å². The van der Waals surface area contributed by atoms with Crippen LogP contribution in [0, 0.1) is 0 Å². The van der Waals surface area contributed by atoms with Gasteiger partial charge < -0.3 is 10.1 Å². The highest BCUT2D eigenvalue weighted by Crippen LogP contribution is 2.19. The summed E-state index contributed by atoms with van der Waals surface area (Å²) in [7, 11) is 0. The van der Waals surface area contributed by atoms with E-state index in [-0.39, 0.29) is 12.0 Å². The largest absolute Gasteiger partial charge is 0.462 e. The lowest BCUT2D eigenvalue weighted by molar-refractivity contribution is 0.0505. The fourth-order valence-electron chi connectivity index (χ4n) is 2.06. The van der Waals surface area contributed by atoms with Gasteiger partial charge in [0.1, 0.15) is 0 Å². The molecule has 0 saturated heterocycles. The summed E-state index contributed by atoms with van der Waals surface area (Å²) in [6.45, 7) is 4.55. The van der Waals surface area contributed by atoms with Crippen molar-refractivity contribution in [3.8, 4) is 0 Å². The van der Waals surface area contributed by atoms with Gasteiger partial charge in [-0.3, -0.25) is 0 Å². The number of ether oxygens (including phenoxy) is 1. The summed E-state index contributed by atoms with van der Waals surface area (Å²) < 4.78 is 5.11. The standard InChI is InChI=1S/C18H21NO2/c1-3-13-21-18(20)16-9-11-17(12-10-16)19-14(2)15-7-5-4-6-8-15/h4-12,14,19H,3,13H2,1-2H3. The van der Waals surface area contributed by atoms with Crippen LogP contribution < -0.4 is 5.32 Å². The van der Waals surface area contributed by atoms with Crippen molar-refractivity contribution < 1.29 is 9.53 Å². The molecule has 0 fully saturated rings. The Balaban J connectivity index is 1.98. The number of anilines is 1. The van der Waals surface area contributed by atoms with Crippen molar-refractivity contribution >= 4 is 11.7 Å². The second kappa shape index (κ2) is 7.48. The second-order valence-electron chi connectivity index (χ2n) is 4.99. The van der Waals surface area contributed by atoms with Crippen LogP contribution >= 0.6 is 0 Å². The fourth-order valence-corrected chi connectivity index (χ4v) is 2.06. The first kappa shape index (κ1) is 15.1. The Hall–Kier alpha value is -2.29. The van der Waals surface area contributed by atoms with Crippen molar-refractivity contribution in [1.82, 2.24) is 0 Å². The van der Waals surface area contributed by atoms with Crippen molar-refractivity contribution in [2.75, 3.05) is 11.9 Å². The molecule has 0 amide bonds. The predicted molar refractivity (Wildman–Crippen MR) is 85.5 cm³/mol. The van der Waals surface area contributed by atoms with Crippen molar-refractivity contribution in [2.45, 2.75) is 26.3 Å². The number of carbonyl (C=O) groups excluding carboxylic acids is 1. The third-order valence-electron chi connectivity index (χ3n) is 3.24. The van der Waals surface area contributed by atoms with Crippen LogP contribution in [0.25, 0.3) is 0 Å². The molecule has 110 valence electrons. The minimum atomic E-state index is -0.264. The third kappa shape index (κ3) is 4.35. The molecule has 2 rings (SSSR count). The van der Waals surface area contributed by atoms with Gasteiger partial charge in [-0.05, 0) is 43.2 Å². The molecule has 1 atom stereocenters. The summed E-state index contributed by atoms with van der Waals surface area (Å²) in [5.74, 6) is -0.264. The maximum Gasteiger partial charge on any atom is 0.338 e. The maximum atomic E-state index is 11.7. The number of benzene rings is 2. The van der Waals surface area contributed by atoms with E-state index in [0.717, 1.165) is 12.1 Å². The molecule has 0 spiro atoms. The van der Waals surface area contributed by atoms with E-state index >= 15 is 0 Å². The highest BCUT2D eigenvalue weighted by Gasteiger charge is 2.08. The Bertz CT molecular complexity index is 564. The number of nitrogens with one attached hydrogen (secondary N) is 1. The first-order valence-corrected chi connectivity index (χ1v) is 7.29. The molecule has 3 nitrogen and oxygen atoms in total. The monoisotopic (exact) mass is 283 g/mol. The molecule has 3 heteroatoms. The fraction of sp³-hybridized carbons (Fsp3) is 0.278. The zero-order chi connectivity index (χ0) is 15.1. The molecule has 1 N–H and O–H groups in total. The number of rotatable bonds is 6. The van der Waals surface area contributed by atoms with Crippen molar-refractivity contribution in [3.63, 3.8) is 0 Å². The lowest BCUT2D eigenvalue weighted by Gasteiger charge is -2.15. The van der Waals surface area contributed by atoms with E-state index in [1.165, 1.54) is 5.56 Å². The van der Waals surface area contributed by atoms with Crippen molar-refractivity contribution in [3.05, 3.63) is 65.7 Å². The van der Waals surface area contributed by atoms with Crippen molar-refractivity contribution in [2.24, 2.45) is 0 Å². The first-order valence-electron chi connectivity index (χ1n) is 7.29. The highest BCUT2D eigenvalue weighted by molar-refractivity contribution is 5.89. The molecule has 2 aromatic rings. The van der Waals surface area contributed by atoms with Crippen LogP contribution in [0.3, 0.4) is 0 Å². The molecule has 0 aliphatic rings. The lowest BCUT2D eigenvalue weighted by atomic mass is 10.1. The van der Waals surface area contributed by atoms with Gasteiger partial charge >= 0.3 is 5.97 Å². The van der Waals surface area contributed by atoms with Crippen LogP contribution in [-0.2, 0) is 4.74 Å². The van der Waals surface area contributed by atoms with E-state index in [9.17, 15) is 4.79 Å². The average Bonchev–Trinajstić information content (AvgIpc) is 2.54. The molecular weight excluding hydrogens is 262 g/mol. The molecule has 0 saturated carbocycles. The van der Waals surface area contributed by atoms with Gasteiger partial charge in [0.2, 0.25) is 0 Å². The maximum absolute atomic E-state index is 11.7. The summed E-state index contributed by atoms with van der Waals surface area (Å²) in [5.41, 5.74) is 2.80. The zero-order valence-corrected chi connectivity index (χ0v) is 12.5. The summed E-state index contributed by atoms with van der Waals surface area (Å²) >= 11 is 0. The number of hydrogen-bond acceptors (Lipinski definition) is 3. The van der Waals surface area contributed by atoms with Gasteiger partial charge in [0.05, 0.1) is 12.2 Å². The summed E-state index contributed by atoms with van der Waals surface area (Å²) in [4.78, 5) is 11.7. The number of hydrogen-bond donors (Lipinski definition) is 1. The molecule has 0 radical (unpaired) electrons. The van der Waals surface area contributed by atoms with Crippen LogP contribution in [0.4, 0.5) is 5.69 Å². The van der Waals surface area contributed by atoms with Crippen LogP contribution in [0.2, 0.25) is 0 Å². The van der Waals surface area contributed by atoms with E-state index in [0.29, 0.717) is 12.2 Å². The summed E-state index contributed by atoms with van der Waals surface area (Å²) in [6.07, 6.45) is 0.833. The van der Waals surface area contributed by atoms with Gasteiger partial charge in [-0.25, -0.2) is 4.79 Å². The number of esters is 1. The van der Waals surface area contributed by atoms with Gasteiger partial charge in [-0.1, -0.05) is 37.3 Å². The van der Waals surface area contributed by atoms with Crippen molar-refractivity contribution in [1.29, 1.82) is 0 Å². The third-order valence-corrected chi connectivity index (χ3v) is 3.24. The Kier molecular flexibility index (Phi) is 5.38. The molecule has 0 heterocycles. The predicted octanol–water partition coefficient (Wildman–Crippen LogP) is 4.43. The van der Waals surface area contributed by atoms with E-state index in [2.05, 4.69) is 24.4 Å². The van der Waals surface area contributed by atoms with Crippen LogP contribution in [0.15, 0.2) is 54.6 Å². The van der Waals surface area contributed by atoms with E-state index in [1.807, 2.05) is 37.3 Å². The normalized spacial score (nSPS) is 11.7. The quantitative estimate of drug-likeness (QED) is 0.797. The molecule has 1 unspecified atom stereocenters. The van der Waals surface area contributed by atoms with Gasteiger partial charge in [-0.2, -0.15) is 0 Å². The number of carbonyl (C=O) groups is 1. The Morgan fingerprint density at radius 1 is 1.10 bits per heavy atom. The van der Waals surface area contributed by atoms with E-state index in [4.69, 9.17) is 4.74 Å². The Morgan fingerprint density at radius 2 is 1.76 bits per heavy atom. The van der Waals surface area contributed by atoms with Gasteiger partial charge in [0.25, 0.3) is 0 Å². The average molecular weight is 283 g/mol. The molecular formula is C18H21NO2. The van der Waals surface area contributed by atoms with E-state index in [1.54, 1.807) is 12.1 Å². The van der Waals surface area contributed by atoms with Crippen LogP contribution in [0.1, 0.15) is 42.2 Å². The van der Waals surface area contributed by atoms with Gasteiger partial charge in [0.15, 0.2) is 0 Å². The Labute approximate surface area is 126 Å². The highest BCUT2D eigenvalue weighted by atomic mass is 16.5. The molecule has 2 aromatic carbocycles. The molecule has 0 aromatic heterocycles. The second-order valence-corrected chi connectivity index (χ2v) is 4.99. The van der Waals surface area contributed by atoms with E-state index < -0.39 is 0 Å². The topological polar surface area (TPSA) is 38.3 Å². The van der Waals surface area contributed by atoms with Gasteiger partial charge in [0, 0.05) is 11.7 Å². The summed E-state index contributed by atoms with van der Waals surface area (Å²) in [6, 6.07) is 17.8. The minimum absolute atomic E-state index is 0.212. The lowest BCUT2D eigenvalue weighted by Crippen LogP contribution is -2.08. The summed E-state index contributed by atoms with van der Waals surface area (Å²) in [5, 5.41) is 3.42. The molecule has 21 heavy (non-hydrogen) atoms. The molecule has 0 aliphatic carbocycles. The Morgan fingerprint density at radius 3 is 2.38 bits per heavy atom.